The summed E-state index contributed by atoms with van der Waals surface area (Å²) in [6.45, 7) is 4.14. The Morgan fingerprint density at radius 3 is 2.74 bits per heavy atom. The molecule has 1 N–H and O–H groups in total. The molecule has 178 valence electrons. The molecule has 8 heteroatoms. The van der Waals surface area contributed by atoms with Gasteiger partial charge in [-0.3, -0.25) is 4.79 Å². The van der Waals surface area contributed by atoms with Crippen molar-refractivity contribution >= 4 is 33.8 Å². The van der Waals surface area contributed by atoms with Crippen molar-refractivity contribution in [3.63, 3.8) is 0 Å². The fourth-order valence-corrected chi connectivity index (χ4v) is 5.93. The molecule has 3 aromatic rings. The first kappa shape index (κ1) is 23.9. The summed E-state index contributed by atoms with van der Waals surface area (Å²) in [6, 6.07) is 17.3. The van der Waals surface area contributed by atoms with E-state index in [-0.39, 0.29) is 23.1 Å². The predicted molar refractivity (Wildman–Crippen MR) is 133 cm³/mol. The van der Waals surface area contributed by atoms with E-state index in [9.17, 15) is 13.2 Å². The Labute approximate surface area is 200 Å². The van der Waals surface area contributed by atoms with Crippen molar-refractivity contribution in [1.29, 1.82) is 0 Å². The standard InChI is InChI=1S/C26H29N3O4S/c1-3-20-11-7-13-23(17-20)27-26(30)22-12-8-16-29(18-22)34(31,32)25-19(2)28-33-24(25)15-14-21-9-5-4-6-10-21/h4-7,9-11,13-15,17,22H,3,8,12,16,18H2,1-2H3,(H,27,30)/b15-14+/t22-/m1/s1. The third kappa shape index (κ3) is 5.29. The molecule has 2 aromatic carbocycles. The zero-order valence-electron chi connectivity index (χ0n) is 19.4. The Hall–Kier alpha value is -3.23. The van der Waals surface area contributed by atoms with E-state index in [2.05, 4.69) is 17.4 Å². The first-order chi connectivity index (χ1) is 16.4. The minimum atomic E-state index is -3.89. The summed E-state index contributed by atoms with van der Waals surface area (Å²) in [5.41, 5.74) is 3.08. The van der Waals surface area contributed by atoms with Crippen LogP contribution in [-0.2, 0) is 21.2 Å². The third-order valence-corrected chi connectivity index (χ3v) is 8.04. The number of hydrogen-bond donors (Lipinski definition) is 1. The molecule has 1 saturated heterocycles. The van der Waals surface area contributed by atoms with Gasteiger partial charge >= 0.3 is 0 Å². The van der Waals surface area contributed by atoms with Crippen molar-refractivity contribution < 1.29 is 17.7 Å². The Bertz CT molecular complexity index is 1280. The van der Waals surface area contributed by atoms with Crippen LogP contribution in [0.3, 0.4) is 0 Å². The van der Waals surface area contributed by atoms with E-state index in [1.54, 1.807) is 19.1 Å². The summed E-state index contributed by atoms with van der Waals surface area (Å²) < 4.78 is 33.9. The number of benzene rings is 2. The fraction of sp³-hybridized carbons (Fsp3) is 0.308. The number of carbonyl (C=O) groups is 1. The molecular weight excluding hydrogens is 450 g/mol. The lowest BCUT2D eigenvalue weighted by molar-refractivity contribution is -0.120. The first-order valence-electron chi connectivity index (χ1n) is 11.5. The fourth-order valence-electron chi connectivity index (χ4n) is 4.15. The molecule has 0 radical (unpaired) electrons. The number of anilines is 1. The van der Waals surface area contributed by atoms with Gasteiger partial charge in [-0.2, -0.15) is 4.31 Å². The van der Waals surface area contributed by atoms with E-state index in [0.29, 0.717) is 25.1 Å². The van der Waals surface area contributed by atoms with Crippen molar-refractivity contribution in [2.45, 2.75) is 38.0 Å². The minimum Gasteiger partial charge on any atom is -0.355 e. The van der Waals surface area contributed by atoms with E-state index in [0.717, 1.165) is 23.2 Å². The van der Waals surface area contributed by atoms with Crippen LogP contribution in [0.2, 0.25) is 0 Å². The van der Waals surface area contributed by atoms with E-state index in [1.165, 1.54) is 4.31 Å². The molecule has 1 aliphatic heterocycles. The largest absolute Gasteiger partial charge is 0.355 e. The molecule has 0 bridgehead atoms. The number of rotatable bonds is 7. The Kier molecular flexibility index (Phi) is 7.29. The summed E-state index contributed by atoms with van der Waals surface area (Å²) in [5, 5.41) is 6.86. The highest BCUT2D eigenvalue weighted by molar-refractivity contribution is 7.89. The van der Waals surface area contributed by atoms with Crippen LogP contribution in [0, 0.1) is 12.8 Å². The van der Waals surface area contributed by atoms with Gasteiger partial charge in [0.25, 0.3) is 0 Å². The number of piperidine rings is 1. The molecule has 1 amide bonds. The maximum atomic E-state index is 13.6. The second kappa shape index (κ2) is 10.4. The lowest BCUT2D eigenvalue weighted by atomic mass is 9.98. The van der Waals surface area contributed by atoms with Gasteiger partial charge in [-0.1, -0.05) is 60.6 Å². The summed E-state index contributed by atoms with van der Waals surface area (Å²) >= 11 is 0. The average Bonchev–Trinajstić information content (AvgIpc) is 3.24. The van der Waals surface area contributed by atoms with Crippen LogP contribution in [0.15, 0.2) is 64.0 Å². The topological polar surface area (TPSA) is 92.5 Å². The van der Waals surface area contributed by atoms with Crippen LogP contribution < -0.4 is 5.32 Å². The Morgan fingerprint density at radius 2 is 1.97 bits per heavy atom. The van der Waals surface area contributed by atoms with Crippen LogP contribution in [0.25, 0.3) is 12.2 Å². The number of aryl methyl sites for hydroxylation is 2. The number of amides is 1. The van der Waals surface area contributed by atoms with Gasteiger partial charge in [0.05, 0.1) is 5.92 Å². The van der Waals surface area contributed by atoms with E-state index in [1.807, 2.05) is 54.6 Å². The second-order valence-electron chi connectivity index (χ2n) is 8.45. The summed E-state index contributed by atoms with van der Waals surface area (Å²) in [5.74, 6) is -0.416. The van der Waals surface area contributed by atoms with Gasteiger partial charge in [0, 0.05) is 18.8 Å². The van der Waals surface area contributed by atoms with E-state index >= 15 is 0 Å². The molecule has 1 aliphatic rings. The SMILES string of the molecule is CCc1cccc(NC(=O)[C@@H]2CCCN(S(=O)(=O)c3c(C)noc3/C=C/c3ccccc3)C2)c1. The normalized spacial score (nSPS) is 17.2. The maximum absolute atomic E-state index is 13.6. The summed E-state index contributed by atoms with van der Waals surface area (Å²) in [6.07, 6.45) is 5.52. The van der Waals surface area contributed by atoms with Crippen LogP contribution in [-0.4, -0.2) is 36.9 Å². The number of nitrogens with one attached hydrogen (secondary N) is 1. The first-order valence-corrected chi connectivity index (χ1v) is 12.9. The van der Waals surface area contributed by atoms with Gasteiger partial charge in [-0.15, -0.1) is 0 Å². The van der Waals surface area contributed by atoms with Crippen molar-refractivity contribution in [3.05, 3.63) is 77.2 Å². The molecular formula is C26H29N3O4S. The van der Waals surface area contributed by atoms with Crippen molar-refractivity contribution in [2.75, 3.05) is 18.4 Å². The van der Waals surface area contributed by atoms with Crippen LogP contribution in [0.5, 0.6) is 0 Å². The molecule has 1 atom stereocenters. The molecule has 34 heavy (non-hydrogen) atoms. The molecule has 0 spiro atoms. The lowest BCUT2D eigenvalue weighted by Gasteiger charge is -2.31. The monoisotopic (exact) mass is 479 g/mol. The molecule has 4 rings (SSSR count). The van der Waals surface area contributed by atoms with Crippen LogP contribution in [0.4, 0.5) is 5.69 Å². The van der Waals surface area contributed by atoms with E-state index in [4.69, 9.17) is 4.52 Å². The molecule has 0 aliphatic carbocycles. The summed E-state index contributed by atoms with van der Waals surface area (Å²) in [7, 11) is -3.89. The van der Waals surface area contributed by atoms with E-state index < -0.39 is 15.9 Å². The predicted octanol–water partition coefficient (Wildman–Crippen LogP) is 4.76. The number of sulfonamides is 1. The minimum absolute atomic E-state index is 0.0522. The Morgan fingerprint density at radius 1 is 1.18 bits per heavy atom. The molecule has 1 fully saturated rings. The molecule has 0 saturated carbocycles. The van der Waals surface area contributed by atoms with Crippen LogP contribution >= 0.6 is 0 Å². The van der Waals surface area contributed by atoms with Gasteiger partial charge in [0.15, 0.2) is 10.7 Å². The highest BCUT2D eigenvalue weighted by Crippen LogP contribution is 2.29. The van der Waals surface area contributed by atoms with Crippen LogP contribution in [0.1, 0.15) is 42.3 Å². The van der Waals surface area contributed by atoms with Gasteiger partial charge in [-0.25, -0.2) is 8.42 Å². The number of carbonyl (C=O) groups excluding carboxylic acids is 1. The maximum Gasteiger partial charge on any atom is 0.248 e. The van der Waals surface area contributed by atoms with Gasteiger partial charge in [0.1, 0.15) is 5.69 Å². The zero-order valence-corrected chi connectivity index (χ0v) is 20.2. The quantitative estimate of drug-likeness (QED) is 0.528. The van der Waals surface area contributed by atoms with Gasteiger partial charge in [-0.05, 0) is 55.5 Å². The number of nitrogens with zero attached hydrogens (tertiary/aromatic N) is 2. The number of hydrogen-bond acceptors (Lipinski definition) is 5. The van der Waals surface area contributed by atoms with Crippen molar-refractivity contribution in [3.8, 4) is 0 Å². The van der Waals surface area contributed by atoms with Crippen molar-refractivity contribution in [2.24, 2.45) is 5.92 Å². The van der Waals surface area contributed by atoms with Gasteiger partial charge < -0.3 is 9.84 Å². The smallest absolute Gasteiger partial charge is 0.248 e. The third-order valence-electron chi connectivity index (χ3n) is 6.02. The zero-order chi connectivity index (χ0) is 24.1. The summed E-state index contributed by atoms with van der Waals surface area (Å²) in [4.78, 5) is 13.0. The average molecular weight is 480 g/mol. The molecule has 0 unspecified atom stereocenters. The van der Waals surface area contributed by atoms with Gasteiger partial charge in [0.2, 0.25) is 15.9 Å². The molecule has 1 aromatic heterocycles. The Balaban J connectivity index is 1.52. The highest BCUT2D eigenvalue weighted by Gasteiger charge is 2.37. The highest BCUT2D eigenvalue weighted by atomic mass is 32.2. The molecule has 7 nitrogen and oxygen atoms in total. The molecule has 2 heterocycles. The lowest BCUT2D eigenvalue weighted by Crippen LogP contribution is -2.43. The van der Waals surface area contributed by atoms with Crippen molar-refractivity contribution in [1.82, 2.24) is 9.46 Å². The second-order valence-corrected chi connectivity index (χ2v) is 10.3. The number of aromatic nitrogens is 1.